The van der Waals surface area contributed by atoms with E-state index in [0.717, 1.165) is 0 Å². The van der Waals surface area contributed by atoms with Crippen molar-refractivity contribution in [3.63, 3.8) is 0 Å². The number of nitrogens with zero attached hydrogens (tertiary/aromatic N) is 3. The Balaban J connectivity index is 2.10. The predicted molar refractivity (Wildman–Crippen MR) is 72.8 cm³/mol. The van der Waals surface area contributed by atoms with E-state index in [1.54, 1.807) is 14.0 Å². The van der Waals surface area contributed by atoms with Crippen LogP contribution >= 0.6 is 0 Å². The fourth-order valence-electron chi connectivity index (χ4n) is 1.71. The number of anilines is 1. The topological polar surface area (TPSA) is 123 Å². The zero-order chi connectivity index (χ0) is 15.4. The predicted octanol–water partition coefficient (Wildman–Crippen LogP) is 1.26. The zero-order valence-electron chi connectivity index (χ0n) is 11.4. The molecule has 0 aliphatic heterocycles. The van der Waals surface area contributed by atoms with E-state index in [2.05, 4.69) is 20.8 Å². The molecule has 0 atom stereocenters. The fraction of sp³-hybridized carbons (Fsp3) is 0.250. The lowest BCUT2D eigenvalue weighted by molar-refractivity contribution is -0.383. The molecule has 0 aliphatic carbocycles. The standard InChI is InChI=1S/C12H13N5O4/c1-7-15-11(21-16-7)6-14-12(18)8-3-4-10(17(19)20)9(5-8)13-2/h3-5,13H,6H2,1-2H3,(H,14,18). The highest BCUT2D eigenvalue weighted by Crippen LogP contribution is 2.24. The Bertz CT molecular complexity index is 682. The van der Waals surface area contributed by atoms with Gasteiger partial charge in [0.25, 0.3) is 11.6 Å². The molecular weight excluding hydrogens is 278 g/mol. The molecule has 1 aromatic carbocycles. The van der Waals surface area contributed by atoms with E-state index in [9.17, 15) is 14.9 Å². The summed E-state index contributed by atoms with van der Waals surface area (Å²) in [6, 6.07) is 4.07. The quantitative estimate of drug-likeness (QED) is 0.627. The summed E-state index contributed by atoms with van der Waals surface area (Å²) in [5, 5.41) is 19.7. The van der Waals surface area contributed by atoms with Gasteiger partial charge in [-0.2, -0.15) is 4.98 Å². The van der Waals surface area contributed by atoms with Gasteiger partial charge in [-0.3, -0.25) is 14.9 Å². The molecule has 0 saturated heterocycles. The summed E-state index contributed by atoms with van der Waals surface area (Å²) in [6.07, 6.45) is 0. The smallest absolute Gasteiger partial charge is 0.292 e. The average Bonchev–Trinajstić information content (AvgIpc) is 2.89. The summed E-state index contributed by atoms with van der Waals surface area (Å²) in [7, 11) is 1.55. The van der Waals surface area contributed by atoms with Crippen LogP contribution in [0.3, 0.4) is 0 Å². The summed E-state index contributed by atoms with van der Waals surface area (Å²) < 4.78 is 4.87. The second-order valence-corrected chi connectivity index (χ2v) is 4.16. The molecule has 1 heterocycles. The van der Waals surface area contributed by atoms with Gasteiger partial charge < -0.3 is 15.2 Å². The maximum absolute atomic E-state index is 12.0. The number of benzene rings is 1. The summed E-state index contributed by atoms with van der Waals surface area (Å²) >= 11 is 0. The molecule has 0 spiro atoms. The Labute approximate surface area is 119 Å². The number of hydrogen-bond donors (Lipinski definition) is 2. The average molecular weight is 291 g/mol. The van der Waals surface area contributed by atoms with Gasteiger partial charge in [-0.25, -0.2) is 0 Å². The van der Waals surface area contributed by atoms with Crippen LogP contribution in [0.5, 0.6) is 0 Å². The van der Waals surface area contributed by atoms with Gasteiger partial charge in [0.1, 0.15) is 5.69 Å². The van der Waals surface area contributed by atoms with Crippen molar-refractivity contribution >= 4 is 17.3 Å². The molecular formula is C12H13N5O4. The first-order valence-electron chi connectivity index (χ1n) is 6.05. The van der Waals surface area contributed by atoms with Crippen LogP contribution in [0.4, 0.5) is 11.4 Å². The van der Waals surface area contributed by atoms with E-state index >= 15 is 0 Å². The van der Waals surface area contributed by atoms with Crippen LogP contribution in [-0.2, 0) is 6.54 Å². The molecule has 2 N–H and O–H groups in total. The van der Waals surface area contributed by atoms with Crippen LogP contribution in [0, 0.1) is 17.0 Å². The highest BCUT2D eigenvalue weighted by atomic mass is 16.6. The minimum absolute atomic E-state index is 0.0888. The Morgan fingerprint density at radius 3 is 2.81 bits per heavy atom. The molecule has 2 aromatic rings. The van der Waals surface area contributed by atoms with Crippen LogP contribution in [-0.4, -0.2) is 28.0 Å². The van der Waals surface area contributed by atoms with E-state index in [-0.39, 0.29) is 23.8 Å². The number of amides is 1. The number of rotatable bonds is 5. The number of hydrogen-bond acceptors (Lipinski definition) is 7. The first-order valence-corrected chi connectivity index (χ1v) is 6.05. The molecule has 9 heteroatoms. The van der Waals surface area contributed by atoms with Crippen LogP contribution < -0.4 is 10.6 Å². The third kappa shape index (κ3) is 3.32. The van der Waals surface area contributed by atoms with Gasteiger partial charge in [0.05, 0.1) is 11.5 Å². The first-order chi connectivity index (χ1) is 10.0. The summed E-state index contributed by atoms with van der Waals surface area (Å²) in [4.78, 5) is 26.2. The number of nitro groups is 1. The van der Waals surface area contributed by atoms with Crippen molar-refractivity contribution in [2.75, 3.05) is 12.4 Å². The molecule has 0 saturated carbocycles. The van der Waals surface area contributed by atoms with Crippen molar-refractivity contribution in [3.05, 3.63) is 45.6 Å². The molecule has 1 amide bonds. The minimum Gasteiger partial charge on any atom is -0.383 e. The first kappa shape index (κ1) is 14.4. The summed E-state index contributed by atoms with van der Waals surface area (Å²) in [5.74, 6) is 0.376. The second-order valence-electron chi connectivity index (χ2n) is 4.16. The Kier molecular flexibility index (Phi) is 4.12. The number of aryl methyl sites for hydroxylation is 1. The van der Waals surface area contributed by atoms with Crippen LogP contribution in [0.15, 0.2) is 22.7 Å². The van der Waals surface area contributed by atoms with E-state index in [1.807, 2.05) is 0 Å². The van der Waals surface area contributed by atoms with Crippen molar-refractivity contribution in [1.82, 2.24) is 15.5 Å². The van der Waals surface area contributed by atoms with Crippen molar-refractivity contribution in [3.8, 4) is 0 Å². The molecule has 1 aromatic heterocycles. The maximum Gasteiger partial charge on any atom is 0.292 e. The highest BCUT2D eigenvalue weighted by molar-refractivity contribution is 5.95. The molecule has 0 unspecified atom stereocenters. The number of carbonyl (C=O) groups is 1. The fourth-order valence-corrected chi connectivity index (χ4v) is 1.71. The summed E-state index contributed by atoms with van der Waals surface area (Å²) in [5.41, 5.74) is 0.462. The Morgan fingerprint density at radius 1 is 1.48 bits per heavy atom. The van der Waals surface area contributed by atoms with E-state index < -0.39 is 10.8 Å². The SMILES string of the molecule is CNc1cc(C(=O)NCc2nc(C)no2)ccc1[N+](=O)[O-]. The van der Waals surface area contributed by atoms with Gasteiger partial charge in [-0.1, -0.05) is 5.16 Å². The van der Waals surface area contributed by atoms with Crippen LogP contribution in [0.2, 0.25) is 0 Å². The maximum atomic E-state index is 12.0. The van der Waals surface area contributed by atoms with Gasteiger partial charge in [-0.15, -0.1) is 0 Å². The normalized spacial score (nSPS) is 10.2. The molecule has 0 radical (unpaired) electrons. The van der Waals surface area contributed by atoms with Gasteiger partial charge in [0.2, 0.25) is 5.89 Å². The monoisotopic (exact) mass is 291 g/mol. The van der Waals surface area contributed by atoms with Crippen molar-refractivity contribution in [1.29, 1.82) is 0 Å². The molecule has 110 valence electrons. The number of nitro benzene ring substituents is 1. The molecule has 9 nitrogen and oxygen atoms in total. The van der Waals surface area contributed by atoms with E-state index in [4.69, 9.17) is 4.52 Å². The van der Waals surface area contributed by atoms with Crippen molar-refractivity contribution < 1.29 is 14.2 Å². The summed E-state index contributed by atoms with van der Waals surface area (Å²) in [6.45, 7) is 1.76. The van der Waals surface area contributed by atoms with E-state index in [0.29, 0.717) is 11.4 Å². The molecule has 21 heavy (non-hydrogen) atoms. The van der Waals surface area contributed by atoms with Crippen LogP contribution in [0.1, 0.15) is 22.1 Å². The lowest BCUT2D eigenvalue weighted by Crippen LogP contribution is -2.23. The Morgan fingerprint density at radius 2 is 2.24 bits per heavy atom. The lowest BCUT2D eigenvalue weighted by atomic mass is 10.1. The highest BCUT2D eigenvalue weighted by Gasteiger charge is 2.16. The van der Waals surface area contributed by atoms with Gasteiger partial charge in [-0.05, 0) is 19.1 Å². The lowest BCUT2D eigenvalue weighted by Gasteiger charge is -2.06. The molecule has 0 aliphatic rings. The molecule has 0 fully saturated rings. The molecule has 0 bridgehead atoms. The number of aromatic nitrogens is 2. The largest absolute Gasteiger partial charge is 0.383 e. The second kappa shape index (κ2) is 5.99. The van der Waals surface area contributed by atoms with Gasteiger partial charge >= 0.3 is 0 Å². The number of carbonyl (C=O) groups excluding carboxylic acids is 1. The third-order valence-electron chi connectivity index (χ3n) is 2.69. The minimum atomic E-state index is -0.519. The van der Waals surface area contributed by atoms with Gasteiger partial charge in [0, 0.05) is 18.7 Å². The number of nitrogens with one attached hydrogen (secondary N) is 2. The molecule has 2 rings (SSSR count). The van der Waals surface area contributed by atoms with Crippen molar-refractivity contribution in [2.24, 2.45) is 0 Å². The van der Waals surface area contributed by atoms with Gasteiger partial charge in [0.15, 0.2) is 5.82 Å². The zero-order valence-corrected chi connectivity index (χ0v) is 11.4. The van der Waals surface area contributed by atoms with E-state index in [1.165, 1.54) is 18.2 Å². The third-order valence-corrected chi connectivity index (χ3v) is 2.69. The van der Waals surface area contributed by atoms with Crippen LogP contribution in [0.25, 0.3) is 0 Å². The Hall–Kier alpha value is -2.97. The van der Waals surface area contributed by atoms with Crippen molar-refractivity contribution in [2.45, 2.75) is 13.5 Å².